The molecule has 19 heavy (non-hydrogen) atoms. The van der Waals surface area contributed by atoms with Crippen LogP contribution in [-0.4, -0.2) is 17.0 Å². The van der Waals surface area contributed by atoms with E-state index in [0.717, 1.165) is 30.1 Å². The van der Waals surface area contributed by atoms with E-state index in [4.69, 9.17) is 0 Å². The molecule has 4 rings (SSSR count). The fourth-order valence-corrected chi connectivity index (χ4v) is 5.79. The lowest BCUT2D eigenvalue weighted by Crippen LogP contribution is -2.43. The van der Waals surface area contributed by atoms with Gasteiger partial charge in [-0.2, -0.15) is 0 Å². The predicted octanol–water partition coefficient (Wildman–Crippen LogP) is 3.10. The van der Waals surface area contributed by atoms with Crippen LogP contribution in [0.5, 0.6) is 0 Å². The second-order valence-corrected chi connectivity index (χ2v) is 7.28. The van der Waals surface area contributed by atoms with Crippen molar-refractivity contribution in [3.63, 3.8) is 0 Å². The van der Waals surface area contributed by atoms with Crippen LogP contribution in [0, 0.1) is 29.6 Å². The molecule has 0 amide bonds. The van der Waals surface area contributed by atoms with Crippen LogP contribution in [0.15, 0.2) is 11.6 Å². The number of aliphatic hydroxyl groups is 1. The van der Waals surface area contributed by atoms with Gasteiger partial charge in [0.15, 0.2) is 5.78 Å². The van der Waals surface area contributed by atoms with Gasteiger partial charge in [0.1, 0.15) is 6.10 Å². The van der Waals surface area contributed by atoms with Gasteiger partial charge < -0.3 is 5.11 Å². The molecule has 0 bridgehead atoms. The van der Waals surface area contributed by atoms with Crippen molar-refractivity contribution in [2.45, 2.75) is 57.5 Å². The highest BCUT2D eigenvalue weighted by atomic mass is 16.3. The molecule has 0 spiro atoms. The largest absolute Gasteiger partial charge is 0.385 e. The minimum absolute atomic E-state index is 0.0424. The van der Waals surface area contributed by atoms with Crippen molar-refractivity contribution in [2.75, 3.05) is 0 Å². The number of rotatable bonds is 0. The normalized spacial score (nSPS) is 49.1. The van der Waals surface area contributed by atoms with E-state index in [2.05, 4.69) is 0 Å². The van der Waals surface area contributed by atoms with Gasteiger partial charge >= 0.3 is 0 Å². The molecule has 4 aliphatic rings. The number of hydrogen-bond donors (Lipinski definition) is 1. The molecule has 0 heterocycles. The van der Waals surface area contributed by atoms with Crippen molar-refractivity contribution in [3.05, 3.63) is 11.6 Å². The first kappa shape index (κ1) is 12.1. The van der Waals surface area contributed by atoms with Gasteiger partial charge in [0.05, 0.1) is 0 Å². The minimum Gasteiger partial charge on any atom is -0.385 e. The average molecular weight is 260 g/mol. The van der Waals surface area contributed by atoms with E-state index >= 15 is 0 Å². The Balaban J connectivity index is 1.62. The van der Waals surface area contributed by atoms with E-state index in [1.54, 1.807) is 6.08 Å². The van der Waals surface area contributed by atoms with Gasteiger partial charge in [0.2, 0.25) is 0 Å². The van der Waals surface area contributed by atoms with E-state index in [0.29, 0.717) is 12.3 Å². The zero-order valence-corrected chi connectivity index (χ0v) is 11.6. The van der Waals surface area contributed by atoms with Gasteiger partial charge in [0.25, 0.3) is 0 Å². The Morgan fingerprint density at radius 1 is 1.00 bits per heavy atom. The third-order valence-electron chi connectivity index (χ3n) is 6.58. The molecule has 2 heteroatoms. The summed E-state index contributed by atoms with van der Waals surface area (Å²) in [5.41, 5.74) is 1.37. The molecule has 0 aromatic heterocycles. The van der Waals surface area contributed by atoms with Crippen molar-refractivity contribution in [3.8, 4) is 0 Å². The molecular formula is C17H24O2. The van der Waals surface area contributed by atoms with Crippen LogP contribution in [0.1, 0.15) is 51.4 Å². The zero-order chi connectivity index (χ0) is 13.0. The minimum atomic E-state index is -0.714. The molecule has 4 aliphatic carbocycles. The van der Waals surface area contributed by atoms with Crippen LogP contribution in [-0.2, 0) is 4.79 Å². The number of allylic oxidation sites excluding steroid dienone is 1. The summed E-state index contributed by atoms with van der Waals surface area (Å²) < 4.78 is 0. The smallest absolute Gasteiger partial charge is 0.184 e. The second kappa shape index (κ2) is 4.44. The Bertz CT molecular complexity index is 425. The zero-order valence-electron chi connectivity index (χ0n) is 11.6. The quantitative estimate of drug-likeness (QED) is 0.726. The monoisotopic (exact) mass is 260 g/mol. The molecular weight excluding hydrogens is 236 g/mol. The summed E-state index contributed by atoms with van der Waals surface area (Å²) in [5.74, 6) is 4.11. The molecule has 6 atom stereocenters. The maximum atomic E-state index is 11.7. The number of ketones is 1. The van der Waals surface area contributed by atoms with Crippen molar-refractivity contribution in [2.24, 2.45) is 29.6 Å². The number of fused-ring (bicyclic) bond motifs is 5. The molecule has 0 aromatic carbocycles. The summed E-state index contributed by atoms with van der Waals surface area (Å²) in [6.07, 6.45) is 11.3. The van der Waals surface area contributed by atoms with E-state index < -0.39 is 6.10 Å². The lowest BCUT2D eigenvalue weighted by atomic mass is 9.56. The highest BCUT2D eigenvalue weighted by Gasteiger charge is 2.48. The van der Waals surface area contributed by atoms with E-state index in [9.17, 15) is 9.90 Å². The first-order chi connectivity index (χ1) is 9.24. The summed E-state index contributed by atoms with van der Waals surface area (Å²) in [6.45, 7) is 0. The summed E-state index contributed by atoms with van der Waals surface area (Å²) in [4.78, 5) is 11.7. The molecule has 104 valence electrons. The number of aliphatic hydroxyl groups excluding tert-OH is 1. The molecule has 1 N–H and O–H groups in total. The summed E-state index contributed by atoms with van der Waals surface area (Å²) >= 11 is 0. The Kier molecular flexibility index (Phi) is 2.84. The topological polar surface area (TPSA) is 37.3 Å². The molecule has 3 saturated carbocycles. The maximum absolute atomic E-state index is 11.7. The van der Waals surface area contributed by atoms with Crippen molar-refractivity contribution in [1.82, 2.24) is 0 Å². The van der Waals surface area contributed by atoms with Crippen LogP contribution in [0.2, 0.25) is 0 Å². The fourth-order valence-electron chi connectivity index (χ4n) is 5.79. The van der Waals surface area contributed by atoms with Gasteiger partial charge in [-0.25, -0.2) is 0 Å². The SMILES string of the molecule is O=C1C=C2CC[C@H]3[C@@H]4CCC[C@H]4CC[C@H]3[C@@H]2CC1O. The summed E-state index contributed by atoms with van der Waals surface area (Å²) in [5, 5.41) is 9.90. The van der Waals surface area contributed by atoms with Crippen molar-refractivity contribution in [1.29, 1.82) is 0 Å². The van der Waals surface area contributed by atoms with E-state index in [1.807, 2.05) is 0 Å². The fraction of sp³-hybridized carbons (Fsp3) is 0.824. The van der Waals surface area contributed by atoms with Crippen LogP contribution in [0.25, 0.3) is 0 Å². The second-order valence-electron chi connectivity index (χ2n) is 7.28. The highest BCUT2D eigenvalue weighted by Crippen LogP contribution is 2.56. The number of carbonyl (C=O) groups is 1. The van der Waals surface area contributed by atoms with Gasteiger partial charge in [-0.15, -0.1) is 0 Å². The molecule has 1 unspecified atom stereocenters. The van der Waals surface area contributed by atoms with Crippen molar-refractivity contribution >= 4 is 5.78 Å². The van der Waals surface area contributed by atoms with Crippen molar-refractivity contribution < 1.29 is 9.90 Å². The number of hydrogen-bond acceptors (Lipinski definition) is 2. The highest BCUT2D eigenvalue weighted by molar-refractivity contribution is 5.95. The predicted molar refractivity (Wildman–Crippen MR) is 73.5 cm³/mol. The lowest BCUT2D eigenvalue weighted by molar-refractivity contribution is -0.124. The summed E-state index contributed by atoms with van der Waals surface area (Å²) in [6, 6.07) is 0. The van der Waals surface area contributed by atoms with Crippen LogP contribution in [0.3, 0.4) is 0 Å². The lowest BCUT2D eigenvalue weighted by Gasteiger charge is -2.49. The molecule has 0 radical (unpaired) electrons. The van der Waals surface area contributed by atoms with Gasteiger partial charge in [-0.1, -0.05) is 18.4 Å². The standard InChI is InChI=1S/C17H24O2/c18-16-8-11-5-7-13-12-3-1-2-10(12)4-6-14(13)15(11)9-17(16)19/h8,10,12-15,17,19H,1-7,9H2/t10-,12+,13-,14+,15+,17?/m0/s1. The van der Waals surface area contributed by atoms with Crippen LogP contribution < -0.4 is 0 Å². The Morgan fingerprint density at radius 3 is 2.79 bits per heavy atom. The molecule has 2 nitrogen and oxygen atoms in total. The van der Waals surface area contributed by atoms with E-state index in [1.165, 1.54) is 44.1 Å². The summed E-state index contributed by atoms with van der Waals surface area (Å²) in [7, 11) is 0. The van der Waals surface area contributed by atoms with Gasteiger partial charge in [-0.05, 0) is 74.2 Å². The first-order valence-corrected chi connectivity index (χ1v) is 8.16. The number of carbonyl (C=O) groups excluding carboxylic acids is 1. The first-order valence-electron chi connectivity index (χ1n) is 8.16. The maximum Gasteiger partial charge on any atom is 0.184 e. The Morgan fingerprint density at radius 2 is 1.89 bits per heavy atom. The molecule has 0 aliphatic heterocycles. The molecule has 3 fully saturated rings. The average Bonchev–Trinajstić information content (AvgIpc) is 2.88. The van der Waals surface area contributed by atoms with Crippen LogP contribution in [0.4, 0.5) is 0 Å². The molecule has 0 aromatic rings. The van der Waals surface area contributed by atoms with Gasteiger partial charge in [0, 0.05) is 0 Å². The Labute approximate surface area is 115 Å². The van der Waals surface area contributed by atoms with Gasteiger partial charge in [-0.3, -0.25) is 4.79 Å². The third-order valence-corrected chi connectivity index (χ3v) is 6.58. The Hall–Kier alpha value is -0.630. The molecule has 0 saturated heterocycles. The van der Waals surface area contributed by atoms with E-state index in [-0.39, 0.29) is 5.78 Å². The third kappa shape index (κ3) is 1.83. The van der Waals surface area contributed by atoms with Crippen LogP contribution >= 0.6 is 0 Å².